The zero-order chi connectivity index (χ0) is 17.8. The first-order chi connectivity index (χ1) is 12.1. The highest BCUT2D eigenvalue weighted by atomic mass is 16.5. The summed E-state index contributed by atoms with van der Waals surface area (Å²) < 4.78 is 10.8. The summed E-state index contributed by atoms with van der Waals surface area (Å²) in [6.07, 6.45) is 2.18. The van der Waals surface area contributed by atoms with E-state index < -0.39 is 0 Å². The summed E-state index contributed by atoms with van der Waals surface area (Å²) >= 11 is 0. The number of aromatic nitrogens is 1. The number of hydrogen-bond acceptors (Lipinski definition) is 6. The van der Waals surface area contributed by atoms with Gasteiger partial charge in [-0.05, 0) is 44.0 Å². The van der Waals surface area contributed by atoms with Crippen LogP contribution in [0.25, 0.3) is 11.3 Å². The molecule has 3 rings (SSSR count). The van der Waals surface area contributed by atoms with E-state index in [2.05, 4.69) is 15.4 Å². The third-order valence-electron chi connectivity index (χ3n) is 4.24. The molecule has 1 aromatic heterocycles. The summed E-state index contributed by atoms with van der Waals surface area (Å²) in [6.45, 7) is 4.00. The quantitative estimate of drug-likeness (QED) is 0.833. The van der Waals surface area contributed by atoms with Crippen molar-refractivity contribution in [2.75, 3.05) is 31.6 Å². The Morgan fingerprint density at radius 3 is 2.64 bits per heavy atom. The number of nitrogens with two attached hydrogens (primary N) is 1. The van der Waals surface area contributed by atoms with Gasteiger partial charge in [0.15, 0.2) is 11.6 Å². The van der Waals surface area contributed by atoms with E-state index in [1.807, 2.05) is 31.2 Å². The summed E-state index contributed by atoms with van der Waals surface area (Å²) in [5.41, 5.74) is 7.00. The first kappa shape index (κ1) is 17.3. The molecule has 134 valence electrons. The van der Waals surface area contributed by atoms with E-state index in [9.17, 15) is 4.79 Å². The predicted octanol–water partition coefficient (Wildman–Crippen LogP) is 2.03. The van der Waals surface area contributed by atoms with Crippen molar-refractivity contribution in [3.8, 4) is 17.1 Å². The van der Waals surface area contributed by atoms with Crippen LogP contribution in [0.2, 0.25) is 0 Å². The van der Waals surface area contributed by atoms with Crippen molar-refractivity contribution >= 4 is 11.7 Å². The van der Waals surface area contributed by atoms with Gasteiger partial charge < -0.3 is 25.2 Å². The van der Waals surface area contributed by atoms with E-state index in [1.165, 1.54) is 0 Å². The summed E-state index contributed by atoms with van der Waals surface area (Å²) in [4.78, 5) is 14.9. The van der Waals surface area contributed by atoms with E-state index in [0.717, 1.165) is 37.2 Å². The first-order valence-electron chi connectivity index (χ1n) is 8.53. The molecule has 1 aliphatic rings. The van der Waals surface area contributed by atoms with Gasteiger partial charge in [0.05, 0.1) is 7.11 Å². The number of carbonyl (C=O) groups is 1. The van der Waals surface area contributed by atoms with Gasteiger partial charge in [0.25, 0.3) is 5.91 Å². The van der Waals surface area contributed by atoms with Crippen LogP contribution in [-0.4, -0.2) is 43.8 Å². The van der Waals surface area contributed by atoms with Crippen LogP contribution in [-0.2, 0) is 0 Å². The Hall–Kier alpha value is -2.54. The van der Waals surface area contributed by atoms with Crippen LogP contribution < -0.4 is 20.7 Å². The lowest BCUT2D eigenvalue weighted by molar-refractivity contribution is 0.0952. The molecule has 1 saturated heterocycles. The molecule has 2 aromatic rings. The van der Waals surface area contributed by atoms with E-state index in [1.54, 1.807) is 7.11 Å². The summed E-state index contributed by atoms with van der Waals surface area (Å²) in [7, 11) is 1.61. The Bertz CT molecular complexity index is 718. The maximum absolute atomic E-state index is 12.8. The molecule has 0 spiro atoms. The molecule has 1 aromatic carbocycles. The van der Waals surface area contributed by atoms with Gasteiger partial charge in [-0.15, -0.1) is 0 Å². The lowest BCUT2D eigenvalue weighted by atomic mass is 10.1. The molecule has 0 bridgehead atoms. The topological polar surface area (TPSA) is 93.6 Å². The fourth-order valence-electron chi connectivity index (χ4n) is 2.91. The molecule has 1 unspecified atom stereocenters. The van der Waals surface area contributed by atoms with Crippen molar-refractivity contribution in [3.63, 3.8) is 0 Å². The number of amides is 1. The van der Waals surface area contributed by atoms with Crippen molar-refractivity contribution in [3.05, 3.63) is 29.8 Å². The SMILES string of the molecule is COc1ccc(-c2onc(N3CCCC3)c2C(=O)NCC(C)N)cc1. The Balaban J connectivity index is 1.97. The number of hydrogen-bond donors (Lipinski definition) is 2. The van der Waals surface area contributed by atoms with E-state index in [0.29, 0.717) is 23.7 Å². The fraction of sp³-hybridized carbons (Fsp3) is 0.444. The molecule has 1 aliphatic heterocycles. The van der Waals surface area contributed by atoms with Crippen LogP contribution >= 0.6 is 0 Å². The molecule has 25 heavy (non-hydrogen) atoms. The normalized spacial score (nSPS) is 15.2. The minimum absolute atomic E-state index is 0.122. The van der Waals surface area contributed by atoms with Gasteiger partial charge in [-0.2, -0.15) is 0 Å². The van der Waals surface area contributed by atoms with Crippen molar-refractivity contribution in [2.24, 2.45) is 5.73 Å². The summed E-state index contributed by atoms with van der Waals surface area (Å²) in [6, 6.07) is 7.25. The molecule has 7 nitrogen and oxygen atoms in total. The van der Waals surface area contributed by atoms with Gasteiger partial charge in [0, 0.05) is 31.2 Å². The number of benzene rings is 1. The number of carbonyl (C=O) groups excluding carboxylic acids is 1. The van der Waals surface area contributed by atoms with Crippen molar-refractivity contribution in [1.29, 1.82) is 0 Å². The number of nitrogens with one attached hydrogen (secondary N) is 1. The number of methoxy groups -OCH3 is 1. The third-order valence-corrected chi connectivity index (χ3v) is 4.24. The average molecular weight is 344 g/mol. The summed E-state index contributed by atoms with van der Waals surface area (Å²) in [5, 5.41) is 7.06. The molecule has 0 saturated carbocycles. The molecular weight excluding hydrogens is 320 g/mol. The van der Waals surface area contributed by atoms with Crippen LogP contribution in [0.3, 0.4) is 0 Å². The zero-order valence-electron chi connectivity index (χ0n) is 14.6. The second-order valence-corrected chi connectivity index (χ2v) is 6.32. The van der Waals surface area contributed by atoms with Crippen LogP contribution in [0.1, 0.15) is 30.1 Å². The Morgan fingerprint density at radius 1 is 1.36 bits per heavy atom. The molecule has 7 heteroatoms. The van der Waals surface area contributed by atoms with Crippen molar-refractivity contribution in [2.45, 2.75) is 25.8 Å². The molecule has 1 atom stereocenters. The van der Waals surface area contributed by atoms with Gasteiger partial charge in [-0.3, -0.25) is 4.79 Å². The average Bonchev–Trinajstić information content (AvgIpc) is 3.28. The smallest absolute Gasteiger partial charge is 0.259 e. The molecular formula is C18H24N4O3. The second-order valence-electron chi connectivity index (χ2n) is 6.32. The van der Waals surface area contributed by atoms with Crippen molar-refractivity contribution < 1.29 is 14.1 Å². The number of rotatable bonds is 6. The molecule has 1 amide bonds. The van der Waals surface area contributed by atoms with Crippen LogP contribution in [0, 0.1) is 0 Å². The van der Waals surface area contributed by atoms with Crippen LogP contribution in [0.4, 0.5) is 5.82 Å². The first-order valence-corrected chi connectivity index (χ1v) is 8.53. The fourth-order valence-corrected chi connectivity index (χ4v) is 2.91. The molecule has 3 N–H and O–H groups in total. The van der Waals surface area contributed by atoms with Gasteiger partial charge in [0.1, 0.15) is 11.3 Å². The molecule has 0 aliphatic carbocycles. The van der Waals surface area contributed by atoms with Gasteiger partial charge in [-0.25, -0.2) is 0 Å². The zero-order valence-corrected chi connectivity index (χ0v) is 14.6. The molecule has 1 fully saturated rings. The van der Waals surface area contributed by atoms with Gasteiger partial charge >= 0.3 is 0 Å². The Morgan fingerprint density at radius 2 is 2.04 bits per heavy atom. The van der Waals surface area contributed by atoms with Crippen LogP contribution in [0.15, 0.2) is 28.8 Å². The van der Waals surface area contributed by atoms with Gasteiger partial charge in [0.2, 0.25) is 0 Å². The lowest BCUT2D eigenvalue weighted by Crippen LogP contribution is -2.36. The summed E-state index contributed by atoms with van der Waals surface area (Å²) in [5.74, 6) is 1.59. The minimum atomic E-state index is -0.216. The lowest BCUT2D eigenvalue weighted by Gasteiger charge is -2.16. The Labute approximate surface area is 147 Å². The predicted molar refractivity (Wildman–Crippen MR) is 95.9 cm³/mol. The monoisotopic (exact) mass is 344 g/mol. The highest BCUT2D eigenvalue weighted by molar-refractivity contribution is 6.04. The largest absolute Gasteiger partial charge is 0.497 e. The number of nitrogens with zero attached hydrogens (tertiary/aromatic N) is 2. The maximum Gasteiger partial charge on any atom is 0.259 e. The van der Waals surface area contributed by atoms with Crippen molar-refractivity contribution in [1.82, 2.24) is 10.5 Å². The van der Waals surface area contributed by atoms with Gasteiger partial charge in [-0.1, -0.05) is 5.16 Å². The third kappa shape index (κ3) is 3.76. The van der Waals surface area contributed by atoms with E-state index in [-0.39, 0.29) is 11.9 Å². The molecule has 0 radical (unpaired) electrons. The molecule has 2 heterocycles. The van der Waals surface area contributed by atoms with E-state index >= 15 is 0 Å². The number of ether oxygens (including phenoxy) is 1. The second kappa shape index (κ2) is 7.57. The van der Waals surface area contributed by atoms with E-state index in [4.69, 9.17) is 15.0 Å². The Kier molecular flexibility index (Phi) is 5.23. The maximum atomic E-state index is 12.8. The standard InChI is InChI=1S/C18H24N4O3/c1-12(19)11-20-18(23)15-16(13-5-7-14(24-2)8-6-13)25-21-17(15)22-9-3-4-10-22/h5-8,12H,3-4,9-11,19H2,1-2H3,(H,20,23). The highest BCUT2D eigenvalue weighted by Gasteiger charge is 2.29. The number of anilines is 1. The minimum Gasteiger partial charge on any atom is -0.497 e. The van der Waals surface area contributed by atoms with Crippen LogP contribution in [0.5, 0.6) is 5.75 Å². The highest BCUT2D eigenvalue weighted by Crippen LogP contribution is 2.33.